The summed E-state index contributed by atoms with van der Waals surface area (Å²) in [7, 11) is 0. The Morgan fingerprint density at radius 2 is 2.58 bits per heavy atom. The summed E-state index contributed by atoms with van der Waals surface area (Å²) < 4.78 is 0. The van der Waals surface area contributed by atoms with E-state index in [1.807, 2.05) is 5.32 Å². The molecule has 0 atom stereocenters. The number of amides is 2. The van der Waals surface area contributed by atoms with Crippen LogP contribution in [0, 0.1) is 11.5 Å². The predicted molar refractivity (Wildman–Crippen MR) is 42.8 cm³/mol. The van der Waals surface area contributed by atoms with E-state index in [-0.39, 0.29) is 12.5 Å². The molecule has 1 N–H and O–H groups in total. The van der Waals surface area contributed by atoms with Crippen molar-refractivity contribution in [2.45, 2.75) is 0 Å². The summed E-state index contributed by atoms with van der Waals surface area (Å²) in [6.45, 7) is -0.0145. The lowest BCUT2D eigenvalue weighted by atomic mass is 10.5. The number of nitrogens with one attached hydrogen (secondary N) is 1. The van der Waals surface area contributed by atoms with Crippen molar-refractivity contribution in [3.05, 3.63) is 0 Å². The van der Waals surface area contributed by atoms with Crippen LogP contribution >= 0.6 is 11.8 Å². The summed E-state index contributed by atoms with van der Waals surface area (Å²) in [6.07, 6.45) is 1.51. The Bertz CT molecular complexity index is 248. The molecule has 1 rings (SSSR count). The Hall–Kier alpha value is -1.22. The van der Waals surface area contributed by atoms with Crippen LogP contribution in [0.5, 0.6) is 0 Å². The Morgan fingerprint density at radius 3 is 3.08 bits per heavy atom. The molecule has 1 saturated heterocycles. The largest absolute Gasteiger partial charge is 0.323 e. The first kappa shape index (κ1) is 8.87. The lowest BCUT2D eigenvalue weighted by Crippen LogP contribution is -2.36. The molecule has 1 fully saturated rings. The quantitative estimate of drug-likeness (QED) is 0.447. The number of nitrogens with zero attached hydrogens (tertiary/aromatic N) is 2. The van der Waals surface area contributed by atoms with Gasteiger partial charge in [-0.3, -0.25) is 14.9 Å². The third kappa shape index (κ3) is 2.13. The third-order valence-electron chi connectivity index (χ3n) is 1.36. The Kier molecular flexibility index (Phi) is 2.94. The Morgan fingerprint density at radius 1 is 1.83 bits per heavy atom. The number of rotatable bonds is 2. The van der Waals surface area contributed by atoms with Gasteiger partial charge in [-0.15, -0.1) is 11.8 Å². The van der Waals surface area contributed by atoms with E-state index in [4.69, 9.17) is 5.26 Å². The van der Waals surface area contributed by atoms with Gasteiger partial charge in [0.15, 0.2) is 6.19 Å². The summed E-state index contributed by atoms with van der Waals surface area (Å²) in [6, 6.07) is 0. The topological polar surface area (TPSA) is 73.2 Å². The molecule has 0 bridgehead atoms. The number of hydrogen-bond donors (Lipinski definition) is 1. The predicted octanol–water partition coefficient (Wildman–Crippen LogP) is -0.883. The van der Waals surface area contributed by atoms with Crippen LogP contribution in [-0.4, -0.2) is 34.9 Å². The molecule has 64 valence electrons. The van der Waals surface area contributed by atoms with Crippen molar-refractivity contribution in [2.24, 2.45) is 0 Å². The second-order valence-corrected chi connectivity index (χ2v) is 3.18. The van der Waals surface area contributed by atoms with E-state index in [1.54, 1.807) is 0 Å². The van der Waals surface area contributed by atoms with Gasteiger partial charge in [0.25, 0.3) is 5.91 Å². The first-order valence-electron chi connectivity index (χ1n) is 3.27. The van der Waals surface area contributed by atoms with Gasteiger partial charge in [-0.2, -0.15) is 5.26 Å². The van der Waals surface area contributed by atoms with Crippen molar-refractivity contribution in [3.63, 3.8) is 0 Å². The van der Waals surface area contributed by atoms with Crippen molar-refractivity contribution >= 4 is 23.6 Å². The molecule has 0 aromatic carbocycles. The molecule has 6 heteroatoms. The molecule has 1 aliphatic rings. The molecule has 0 saturated carbocycles. The van der Waals surface area contributed by atoms with E-state index in [1.165, 1.54) is 22.9 Å². The van der Waals surface area contributed by atoms with Gasteiger partial charge in [0.2, 0.25) is 5.91 Å². The monoisotopic (exact) mass is 185 g/mol. The number of carbonyl (C=O) groups excluding carboxylic acids is 2. The fourth-order valence-electron chi connectivity index (χ4n) is 0.815. The molecular weight excluding hydrogens is 178 g/mol. The van der Waals surface area contributed by atoms with E-state index in [2.05, 4.69) is 0 Å². The molecule has 0 aliphatic carbocycles. The highest BCUT2D eigenvalue weighted by Gasteiger charge is 2.22. The maximum atomic E-state index is 11.0. The number of thioether (sulfide) groups is 1. The summed E-state index contributed by atoms with van der Waals surface area (Å²) in [5, 5.41) is 10.0. The smallest absolute Gasteiger partial charge is 0.252 e. The molecule has 1 aliphatic heterocycles. The Labute approximate surface area is 73.7 Å². The maximum absolute atomic E-state index is 11.0. The van der Waals surface area contributed by atoms with Crippen molar-refractivity contribution < 1.29 is 9.59 Å². The fraction of sp³-hybridized carbons (Fsp3) is 0.500. The van der Waals surface area contributed by atoms with Gasteiger partial charge < -0.3 is 4.90 Å². The number of nitriles is 1. The van der Waals surface area contributed by atoms with Crippen molar-refractivity contribution in [2.75, 3.05) is 18.2 Å². The van der Waals surface area contributed by atoms with Crippen molar-refractivity contribution in [1.29, 1.82) is 5.26 Å². The lowest BCUT2D eigenvalue weighted by Gasteiger charge is -2.11. The second kappa shape index (κ2) is 3.97. The highest BCUT2D eigenvalue weighted by molar-refractivity contribution is 8.00. The zero-order valence-electron chi connectivity index (χ0n) is 6.24. The van der Waals surface area contributed by atoms with E-state index in [0.717, 1.165) is 0 Å². The molecule has 0 unspecified atom stereocenters. The molecule has 5 nitrogen and oxygen atoms in total. The van der Waals surface area contributed by atoms with Crippen LogP contribution in [0.3, 0.4) is 0 Å². The summed E-state index contributed by atoms with van der Waals surface area (Å²) in [4.78, 5) is 23.2. The van der Waals surface area contributed by atoms with Crippen LogP contribution < -0.4 is 5.32 Å². The number of hydrogen-bond acceptors (Lipinski definition) is 4. The minimum atomic E-state index is -0.437. The first-order valence-corrected chi connectivity index (χ1v) is 4.43. The van der Waals surface area contributed by atoms with Crippen LogP contribution in [0.25, 0.3) is 0 Å². The minimum absolute atomic E-state index is 0.0145. The van der Waals surface area contributed by atoms with E-state index < -0.39 is 5.91 Å². The highest BCUT2D eigenvalue weighted by Crippen LogP contribution is 2.13. The van der Waals surface area contributed by atoms with Gasteiger partial charge in [-0.05, 0) is 0 Å². The van der Waals surface area contributed by atoms with Crippen molar-refractivity contribution in [3.8, 4) is 6.19 Å². The molecule has 1 heterocycles. The lowest BCUT2D eigenvalue weighted by molar-refractivity contribution is -0.131. The fourth-order valence-corrected chi connectivity index (χ4v) is 1.72. The SMILES string of the molecule is N#CNC(=O)CN1CSCC1=O. The van der Waals surface area contributed by atoms with Crippen LogP contribution in [-0.2, 0) is 9.59 Å². The minimum Gasteiger partial charge on any atom is -0.323 e. The molecule has 0 radical (unpaired) electrons. The zero-order chi connectivity index (χ0) is 8.97. The van der Waals surface area contributed by atoms with Crippen LogP contribution in [0.4, 0.5) is 0 Å². The molecular formula is C6H7N3O2S. The summed E-state index contributed by atoms with van der Waals surface area (Å²) >= 11 is 1.46. The van der Waals surface area contributed by atoms with Gasteiger partial charge in [0, 0.05) is 0 Å². The Balaban J connectivity index is 2.36. The molecule has 0 aromatic rings. The van der Waals surface area contributed by atoms with Crippen molar-refractivity contribution in [1.82, 2.24) is 10.2 Å². The molecule has 2 amide bonds. The van der Waals surface area contributed by atoms with Gasteiger partial charge in [0.1, 0.15) is 6.54 Å². The number of carbonyl (C=O) groups is 2. The maximum Gasteiger partial charge on any atom is 0.252 e. The van der Waals surface area contributed by atoms with E-state index in [9.17, 15) is 9.59 Å². The van der Waals surface area contributed by atoms with Crippen LogP contribution in [0.2, 0.25) is 0 Å². The second-order valence-electron chi connectivity index (χ2n) is 2.23. The average molecular weight is 185 g/mol. The van der Waals surface area contributed by atoms with E-state index in [0.29, 0.717) is 11.6 Å². The van der Waals surface area contributed by atoms with Gasteiger partial charge in [-0.1, -0.05) is 0 Å². The van der Waals surface area contributed by atoms with Crippen LogP contribution in [0.1, 0.15) is 0 Å². The summed E-state index contributed by atoms with van der Waals surface area (Å²) in [5.41, 5.74) is 0. The normalized spacial score (nSPS) is 15.9. The van der Waals surface area contributed by atoms with Gasteiger partial charge in [-0.25, -0.2) is 0 Å². The first-order chi connectivity index (χ1) is 5.74. The molecule has 0 aromatic heterocycles. The third-order valence-corrected chi connectivity index (χ3v) is 2.30. The van der Waals surface area contributed by atoms with Gasteiger partial charge in [0.05, 0.1) is 11.6 Å². The molecule has 0 spiro atoms. The van der Waals surface area contributed by atoms with E-state index >= 15 is 0 Å². The van der Waals surface area contributed by atoms with Gasteiger partial charge >= 0.3 is 0 Å². The highest BCUT2D eigenvalue weighted by atomic mass is 32.2. The zero-order valence-corrected chi connectivity index (χ0v) is 7.06. The average Bonchev–Trinajstić information content (AvgIpc) is 2.37. The summed E-state index contributed by atoms with van der Waals surface area (Å²) in [5.74, 6) is 0.485. The van der Waals surface area contributed by atoms with Crippen LogP contribution in [0.15, 0.2) is 0 Å². The standard InChI is InChI=1S/C6H7N3O2S/c7-3-8-5(10)1-9-4-12-2-6(9)11/h1-2,4H2,(H,8,10). The molecule has 12 heavy (non-hydrogen) atoms.